The van der Waals surface area contributed by atoms with Gasteiger partial charge in [0.15, 0.2) is 5.69 Å². The Morgan fingerprint density at radius 1 is 1.00 bits per heavy atom. The van der Waals surface area contributed by atoms with Gasteiger partial charge in [-0.25, -0.2) is 13.2 Å². The average Bonchev–Trinajstić information content (AvgIpc) is 3.24. The first kappa shape index (κ1) is 20.5. The number of aryl methyl sites for hydroxylation is 1. The van der Waals surface area contributed by atoms with E-state index in [0.717, 1.165) is 44.1 Å². The molecule has 0 radical (unpaired) electrons. The highest BCUT2D eigenvalue weighted by Gasteiger charge is 2.24. The van der Waals surface area contributed by atoms with E-state index in [1.165, 1.54) is 0 Å². The summed E-state index contributed by atoms with van der Waals surface area (Å²) in [7, 11) is -3.94. The topological polar surface area (TPSA) is 88.4 Å². The third kappa shape index (κ3) is 4.21. The monoisotopic (exact) mass is 426 g/mol. The molecule has 0 aliphatic heterocycles. The van der Waals surface area contributed by atoms with E-state index >= 15 is 0 Å². The number of sulfonamides is 1. The lowest BCUT2D eigenvalue weighted by Gasteiger charge is -2.19. The Morgan fingerprint density at radius 3 is 2.40 bits per heavy atom. The van der Waals surface area contributed by atoms with E-state index in [1.54, 1.807) is 36.4 Å². The smallest absolute Gasteiger partial charge is 0.363 e. The first-order chi connectivity index (χ1) is 14.5. The Balaban J connectivity index is 1.75. The molecule has 1 aliphatic carbocycles. The van der Waals surface area contributed by atoms with Crippen LogP contribution in [-0.4, -0.2) is 14.5 Å². The maximum atomic E-state index is 13.0. The number of benzene rings is 2. The number of anilines is 2. The summed E-state index contributed by atoms with van der Waals surface area (Å²) in [6, 6.07) is 14.1. The van der Waals surface area contributed by atoms with Crippen molar-refractivity contribution in [2.75, 3.05) is 10.0 Å². The number of hydrogen-bond donors (Lipinski definition) is 2. The van der Waals surface area contributed by atoms with Crippen molar-refractivity contribution in [2.45, 2.75) is 56.4 Å². The third-order valence-corrected chi connectivity index (χ3v) is 6.89. The SMILES string of the molecule is CCCc1ccc(S(=O)(=O)Nc2c(NC3CCCC3)c3ccccc3oc2=O)cc1. The standard InChI is InChI=1S/C23H26N2O4S/c1-2-7-16-12-14-18(15-13-16)30(27,28)25-22-21(24-17-8-3-4-9-17)19-10-5-6-11-20(19)29-23(22)26/h5-6,10-15,17,24-25H,2-4,7-9H2,1H3. The highest BCUT2D eigenvalue weighted by Crippen LogP contribution is 2.33. The van der Waals surface area contributed by atoms with E-state index in [4.69, 9.17) is 4.42 Å². The molecular formula is C23H26N2O4S. The van der Waals surface area contributed by atoms with Crippen LogP contribution in [0.4, 0.5) is 11.4 Å². The van der Waals surface area contributed by atoms with E-state index in [-0.39, 0.29) is 16.6 Å². The molecule has 30 heavy (non-hydrogen) atoms. The van der Waals surface area contributed by atoms with Crippen LogP contribution < -0.4 is 15.7 Å². The Labute approximate surface area is 176 Å². The number of para-hydroxylation sites is 1. The zero-order valence-corrected chi connectivity index (χ0v) is 17.8. The molecule has 1 saturated carbocycles. The lowest BCUT2D eigenvalue weighted by Crippen LogP contribution is -2.23. The molecule has 0 unspecified atom stereocenters. The van der Waals surface area contributed by atoms with Gasteiger partial charge >= 0.3 is 5.63 Å². The van der Waals surface area contributed by atoms with Gasteiger partial charge in [0.2, 0.25) is 0 Å². The fraction of sp³-hybridized carbons (Fsp3) is 0.348. The van der Waals surface area contributed by atoms with Gasteiger partial charge in [0.25, 0.3) is 10.0 Å². The molecule has 0 bridgehead atoms. The van der Waals surface area contributed by atoms with Gasteiger partial charge in [-0.05, 0) is 49.1 Å². The maximum absolute atomic E-state index is 13.0. The highest BCUT2D eigenvalue weighted by molar-refractivity contribution is 7.92. The number of hydrogen-bond acceptors (Lipinski definition) is 5. The van der Waals surface area contributed by atoms with E-state index in [1.807, 2.05) is 12.1 Å². The van der Waals surface area contributed by atoms with Gasteiger partial charge in [0, 0.05) is 11.4 Å². The zero-order valence-electron chi connectivity index (χ0n) is 17.0. The summed E-state index contributed by atoms with van der Waals surface area (Å²) in [5, 5.41) is 4.09. The minimum Gasteiger partial charge on any atom is -0.421 e. The molecule has 3 aromatic rings. The van der Waals surface area contributed by atoms with Gasteiger partial charge in [0.1, 0.15) is 5.58 Å². The first-order valence-corrected chi connectivity index (χ1v) is 11.9. The predicted octanol–water partition coefficient (Wildman–Crippen LogP) is 4.90. The van der Waals surface area contributed by atoms with Crippen LogP contribution in [0.15, 0.2) is 62.6 Å². The van der Waals surface area contributed by atoms with E-state index in [0.29, 0.717) is 16.7 Å². The van der Waals surface area contributed by atoms with Crippen molar-refractivity contribution in [1.82, 2.24) is 0 Å². The molecular weight excluding hydrogens is 400 g/mol. The summed E-state index contributed by atoms with van der Waals surface area (Å²) >= 11 is 0. The van der Waals surface area contributed by atoms with Crippen LogP contribution >= 0.6 is 0 Å². The highest BCUT2D eigenvalue weighted by atomic mass is 32.2. The van der Waals surface area contributed by atoms with Gasteiger partial charge in [-0.3, -0.25) is 4.72 Å². The second-order valence-corrected chi connectivity index (χ2v) is 9.44. The summed E-state index contributed by atoms with van der Waals surface area (Å²) in [4.78, 5) is 12.9. The van der Waals surface area contributed by atoms with Crippen molar-refractivity contribution in [2.24, 2.45) is 0 Å². The summed E-state index contributed by atoms with van der Waals surface area (Å²) in [5.41, 5.74) is 1.21. The van der Waals surface area contributed by atoms with Gasteiger partial charge in [-0.2, -0.15) is 0 Å². The fourth-order valence-corrected chi connectivity index (χ4v) is 5.05. The van der Waals surface area contributed by atoms with Crippen LogP contribution in [0, 0.1) is 0 Å². The summed E-state index contributed by atoms with van der Waals surface area (Å²) in [6.45, 7) is 2.07. The van der Waals surface area contributed by atoms with Crippen molar-refractivity contribution in [3.63, 3.8) is 0 Å². The van der Waals surface area contributed by atoms with Gasteiger partial charge in [0.05, 0.1) is 10.6 Å². The number of rotatable bonds is 7. The van der Waals surface area contributed by atoms with Crippen LogP contribution in [0.3, 0.4) is 0 Å². The van der Waals surface area contributed by atoms with Crippen molar-refractivity contribution < 1.29 is 12.8 Å². The minimum absolute atomic E-state index is 0.0711. The van der Waals surface area contributed by atoms with E-state index in [2.05, 4.69) is 17.0 Å². The molecule has 0 spiro atoms. The van der Waals surface area contributed by atoms with Crippen LogP contribution in [0.2, 0.25) is 0 Å². The summed E-state index contributed by atoms with van der Waals surface area (Å²) in [5.74, 6) is 0. The van der Waals surface area contributed by atoms with Gasteiger partial charge in [-0.1, -0.05) is 50.5 Å². The second kappa shape index (κ2) is 8.52. The molecule has 1 fully saturated rings. The first-order valence-electron chi connectivity index (χ1n) is 10.4. The molecule has 0 amide bonds. The van der Waals surface area contributed by atoms with Crippen LogP contribution in [0.5, 0.6) is 0 Å². The molecule has 1 aliphatic rings. The second-order valence-electron chi connectivity index (χ2n) is 7.76. The number of nitrogens with one attached hydrogen (secondary N) is 2. The Kier molecular flexibility index (Phi) is 5.81. The molecule has 158 valence electrons. The molecule has 2 N–H and O–H groups in total. The molecule has 1 heterocycles. The predicted molar refractivity (Wildman–Crippen MR) is 120 cm³/mol. The molecule has 6 nitrogen and oxygen atoms in total. The molecule has 0 atom stereocenters. The Bertz CT molecular complexity index is 1190. The Hall–Kier alpha value is -2.80. The largest absolute Gasteiger partial charge is 0.421 e. The Morgan fingerprint density at radius 2 is 1.70 bits per heavy atom. The van der Waals surface area contributed by atoms with E-state index < -0.39 is 15.6 Å². The van der Waals surface area contributed by atoms with Crippen LogP contribution in [-0.2, 0) is 16.4 Å². The van der Waals surface area contributed by atoms with Crippen molar-refractivity contribution >= 4 is 32.4 Å². The lowest BCUT2D eigenvalue weighted by atomic mass is 10.1. The maximum Gasteiger partial charge on any atom is 0.363 e. The van der Waals surface area contributed by atoms with Crippen LogP contribution in [0.25, 0.3) is 11.0 Å². The van der Waals surface area contributed by atoms with Crippen LogP contribution in [0.1, 0.15) is 44.6 Å². The van der Waals surface area contributed by atoms with Gasteiger partial charge in [-0.15, -0.1) is 0 Å². The molecule has 0 saturated heterocycles. The third-order valence-electron chi connectivity index (χ3n) is 5.53. The van der Waals surface area contributed by atoms with Crippen molar-refractivity contribution in [3.8, 4) is 0 Å². The minimum atomic E-state index is -3.94. The van der Waals surface area contributed by atoms with Crippen molar-refractivity contribution in [1.29, 1.82) is 0 Å². The van der Waals surface area contributed by atoms with Crippen molar-refractivity contribution in [3.05, 3.63) is 64.5 Å². The summed E-state index contributed by atoms with van der Waals surface area (Å²) < 4.78 is 34.0. The average molecular weight is 427 g/mol. The number of fused-ring (bicyclic) bond motifs is 1. The molecule has 2 aromatic carbocycles. The van der Waals surface area contributed by atoms with Gasteiger partial charge < -0.3 is 9.73 Å². The quantitative estimate of drug-likeness (QED) is 0.525. The summed E-state index contributed by atoms with van der Waals surface area (Å²) in [6.07, 6.45) is 6.07. The normalized spacial score (nSPS) is 14.8. The molecule has 7 heteroatoms. The van der Waals surface area contributed by atoms with E-state index in [9.17, 15) is 13.2 Å². The molecule has 1 aromatic heterocycles. The molecule has 4 rings (SSSR count). The zero-order chi connectivity index (χ0) is 21.1. The lowest BCUT2D eigenvalue weighted by molar-refractivity contribution is 0.562. The fourth-order valence-electron chi connectivity index (χ4n) is 3.98.